The number of carbonyl (C=O) groups is 1. The molecule has 0 unspecified atom stereocenters. The van der Waals surface area contributed by atoms with Crippen molar-refractivity contribution in [3.63, 3.8) is 0 Å². The van der Waals surface area contributed by atoms with Gasteiger partial charge >= 0.3 is 0 Å². The van der Waals surface area contributed by atoms with Crippen molar-refractivity contribution in [1.29, 1.82) is 0 Å². The zero-order valence-corrected chi connectivity index (χ0v) is 17.3. The minimum atomic E-state index is 0.185. The lowest BCUT2D eigenvalue weighted by Gasteiger charge is -2.32. The Hall–Kier alpha value is -2.53. The second-order valence-electron chi connectivity index (χ2n) is 8.07. The summed E-state index contributed by atoms with van der Waals surface area (Å²) < 4.78 is 11.6. The van der Waals surface area contributed by atoms with Crippen molar-refractivity contribution in [2.75, 3.05) is 20.2 Å². The van der Waals surface area contributed by atoms with Gasteiger partial charge in [-0.2, -0.15) is 0 Å². The summed E-state index contributed by atoms with van der Waals surface area (Å²) in [6.07, 6.45) is 3.17. The van der Waals surface area contributed by atoms with Crippen LogP contribution in [0.5, 0.6) is 11.5 Å². The molecule has 5 heteroatoms. The number of amides is 1. The lowest BCUT2D eigenvalue weighted by Crippen LogP contribution is -2.45. The van der Waals surface area contributed by atoms with Crippen LogP contribution in [0.25, 0.3) is 0 Å². The molecule has 2 aromatic rings. The number of methoxy groups -OCH3 is 1. The van der Waals surface area contributed by atoms with Gasteiger partial charge in [0.05, 0.1) is 7.11 Å². The quantitative estimate of drug-likeness (QED) is 0.777. The van der Waals surface area contributed by atoms with Crippen LogP contribution in [0.3, 0.4) is 0 Å². The molecule has 1 heterocycles. The lowest BCUT2D eigenvalue weighted by molar-refractivity contribution is -0.129. The van der Waals surface area contributed by atoms with E-state index >= 15 is 0 Å². The van der Waals surface area contributed by atoms with E-state index in [0.717, 1.165) is 49.4 Å². The van der Waals surface area contributed by atoms with Gasteiger partial charge in [-0.3, -0.25) is 4.79 Å². The fourth-order valence-corrected chi connectivity index (χ4v) is 4.20. The normalized spacial score (nSPS) is 21.7. The molecule has 0 radical (unpaired) electrons. The molecule has 1 N–H and O–H groups in total. The van der Waals surface area contributed by atoms with Gasteiger partial charge in [0.25, 0.3) is 0 Å². The van der Waals surface area contributed by atoms with E-state index in [1.807, 2.05) is 35.2 Å². The highest BCUT2D eigenvalue weighted by Crippen LogP contribution is 2.46. The van der Waals surface area contributed by atoms with Crippen LogP contribution in [0, 0.1) is 0 Å². The van der Waals surface area contributed by atoms with Gasteiger partial charge in [-0.25, -0.2) is 0 Å². The molecule has 1 aliphatic carbocycles. The number of nitrogens with zero attached hydrogens (tertiary/aromatic N) is 1. The van der Waals surface area contributed by atoms with Crippen molar-refractivity contribution in [2.45, 2.75) is 50.8 Å². The van der Waals surface area contributed by atoms with Gasteiger partial charge in [-0.05, 0) is 43.0 Å². The van der Waals surface area contributed by atoms with Crippen LogP contribution in [-0.2, 0) is 11.4 Å². The van der Waals surface area contributed by atoms with E-state index in [2.05, 4.69) is 23.5 Å². The van der Waals surface area contributed by atoms with Gasteiger partial charge in [-0.1, -0.05) is 30.3 Å². The predicted octanol–water partition coefficient (Wildman–Crippen LogP) is 3.73. The molecule has 29 heavy (non-hydrogen) atoms. The van der Waals surface area contributed by atoms with E-state index in [1.54, 1.807) is 14.0 Å². The number of carbonyl (C=O) groups excluding carboxylic acids is 1. The smallest absolute Gasteiger partial charge is 0.219 e. The molecular formula is C24H30N2O3. The molecule has 0 bridgehead atoms. The second kappa shape index (κ2) is 8.87. The summed E-state index contributed by atoms with van der Waals surface area (Å²) in [5.41, 5.74) is 2.39. The minimum absolute atomic E-state index is 0.185. The maximum absolute atomic E-state index is 11.5. The molecule has 1 saturated carbocycles. The number of benzene rings is 2. The third-order valence-corrected chi connectivity index (χ3v) is 6.03. The molecular weight excluding hydrogens is 364 g/mol. The summed E-state index contributed by atoms with van der Waals surface area (Å²) in [4.78, 5) is 13.5. The van der Waals surface area contributed by atoms with Gasteiger partial charge in [-0.15, -0.1) is 0 Å². The van der Waals surface area contributed by atoms with E-state index in [1.165, 1.54) is 5.56 Å². The number of piperidine rings is 1. The highest BCUT2D eigenvalue weighted by Gasteiger charge is 2.41. The monoisotopic (exact) mass is 394 g/mol. The standard InChI is InChI=1S/C24H30N2O3/c1-17(27)26-12-10-19(11-13-26)25-23-15-21(23)22-14-20(28-2)8-9-24(22)29-16-18-6-4-3-5-7-18/h3-9,14,19,21,23,25H,10-13,15-16H2,1-2H3/t21-,23+/m0/s1. The average Bonchev–Trinajstić information content (AvgIpc) is 3.52. The SMILES string of the molecule is COc1ccc(OCc2ccccc2)c([C@@H]2C[C@H]2NC2CCN(C(C)=O)CC2)c1. The Morgan fingerprint density at radius 3 is 2.59 bits per heavy atom. The Morgan fingerprint density at radius 2 is 1.90 bits per heavy atom. The Kier molecular flexibility index (Phi) is 6.05. The summed E-state index contributed by atoms with van der Waals surface area (Å²) in [6.45, 7) is 3.93. The molecule has 2 aromatic carbocycles. The van der Waals surface area contributed by atoms with Crippen molar-refractivity contribution < 1.29 is 14.3 Å². The lowest BCUT2D eigenvalue weighted by atomic mass is 10.0. The first-order chi connectivity index (χ1) is 14.1. The number of hydrogen-bond acceptors (Lipinski definition) is 4. The van der Waals surface area contributed by atoms with Gasteiger partial charge < -0.3 is 19.7 Å². The third kappa shape index (κ3) is 4.91. The average molecular weight is 395 g/mol. The molecule has 0 aromatic heterocycles. The largest absolute Gasteiger partial charge is 0.497 e. The first-order valence-corrected chi connectivity index (χ1v) is 10.5. The van der Waals surface area contributed by atoms with E-state index < -0.39 is 0 Å². The Morgan fingerprint density at radius 1 is 1.14 bits per heavy atom. The Balaban J connectivity index is 1.38. The summed E-state index contributed by atoms with van der Waals surface area (Å²) >= 11 is 0. The number of nitrogens with one attached hydrogen (secondary N) is 1. The minimum Gasteiger partial charge on any atom is -0.497 e. The van der Waals surface area contributed by atoms with Crippen LogP contribution in [0.15, 0.2) is 48.5 Å². The van der Waals surface area contributed by atoms with Crippen molar-refractivity contribution in [3.8, 4) is 11.5 Å². The summed E-state index contributed by atoms with van der Waals surface area (Å²) in [7, 11) is 1.70. The fourth-order valence-electron chi connectivity index (χ4n) is 4.20. The molecule has 1 aliphatic heterocycles. The Bertz CT molecular complexity index is 831. The van der Waals surface area contributed by atoms with E-state index in [4.69, 9.17) is 9.47 Å². The van der Waals surface area contributed by atoms with E-state index in [9.17, 15) is 4.79 Å². The Labute approximate surface area is 173 Å². The zero-order valence-electron chi connectivity index (χ0n) is 17.3. The van der Waals surface area contributed by atoms with E-state index in [-0.39, 0.29) is 5.91 Å². The predicted molar refractivity (Wildman–Crippen MR) is 113 cm³/mol. The van der Waals surface area contributed by atoms with Crippen molar-refractivity contribution in [1.82, 2.24) is 10.2 Å². The van der Waals surface area contributed by atoms with Gasteiger partial charge in [0.15, 0.2) is 0 Å². The molecule has 1 saturated heterocycles. The van der Waals surface area contributed by atoms with E-state index in [0.29, 0.717) is 24.6 Å². The van der Waals surface area contributed by atoms with Crippen LogP contribution in [0.4, 0.5) is 0 Å². The number of hydrogen-bond donors (Lipinski definition) is 1. The van der Waals surface area contributed by atoms with Crippen LogP contribution in [-0.4, -0.2) is 43.1 Å². The summed E-state index contributed by atoms with van der Waals surface area (Å²) in [6, 6.07) is 17.3. The van der Waals surface area contributed by atoms with Crippen LogP contribution >= 0.6 is 0 Å². The molecule has 5 nitrogen and oxygen atoms in total. The van der Waals surface area contributed by atoms with Gasteiger partial charge in [0.2, 0.25) is 5.91 Å². The zero-order chi connectivity index (χ0) is 20.2. The first-order valence-electron chi connectivity index (χ1n) is 10.5. The molecule has 2 atom stereocenters. The number of likely N-dealkylation sites (tertiary alicyclic amines) is 1. The maximum atomic E-state index is 11.5. The number of rotatable bonds is 7. The van der Waals surface area contributed by atoms with Crippen molar-refractivity contribution in [2.24, 2.45) is 0 Å². The molecule has 2 aliphatic rings. The summed E-state index contributed by atoms with van der Waals surface area (Å²) in [5, 5.41) is 3.81. The third-order valence-electron chi connectivity index (χ3n) is 6.03. The van der Waals surface area contributed by atoms with Gasteiger partial charge in [0, 0.05) is 43.6 Å². The molecule has 0 spiro atoms. The van der Waals surface area contributed by atoms with Crippen LogP contribution in [0.2, 0.25) is 0 Å². The van der Waals surface area contributed by atoms with Crippen molar-refractivity contribution in [3.05, 3.63) is 59.7 Å². The summed E-state index contributed by atoms with van der Waals surface area (Å²) in [5.74, 6) is 2.44. The van der Waals surface area contributed by atoms with Crippen LogP contribution in [0.1, 0.15) is 43.2 Å². The van der Waals surface area contributed by atoms with Crippen LogP contribution < -0.4 is 14.8 Å². The van der Waals surface area contributed by atoms with Crippen molar-refractivity contribution >= 4 is 5.91 Å². The molecule has 2 fully saturated rings. The fraction of sp³-hybridized carbons (Fsp3) is 0.458. The highest BCUT2D eigenvalue weighted by molar-refractivity contribution is 5.73. The second-order valence-corrected chi connectivity index (χ2v) is 8.07. The maximum Gasteiger partial charge on any atom is 0.219 e. The molecule has 4 rings (SSSR count). The first kappa shape index (κ1) is 19.8. The molecule has 154 valence electrons. The molecule has 1 amide bonds. The van der Waals surface area contributed by atoms with Gasteiger partial charge in [0.1, 0.15) is 18.1 Å². The highest BCUT2D eigenvalue weighted by atomic mass is 16.5. The number of ether oxygens (including phenoxy) is 2. The topological polar surface area (TPSA) is 50.8 Å².